The maximum Gasteiger partial charge on any atom is 0.225 e. The molecule has 1 aromatic carbocycles. The number of benzene rings is 1. The van der Waals surface area contributed by atoms with Gasteiger partial charge in [-0.2, -0.15) is 0 Å². The molecule has 1 aliphatic carbocycles. The topological polar surface area (TPSA) is 40.6 Å². The molecule has 0 spiro atoms. The third-order valence-corrected chi connectivity index (χ3v) is 5.19. The van der Waals surface area contributed by atoms with Gasteiger partial charge in [-0.15, -0.1) is 0 Å². The molecule has 5 heteroatoms. The van der Waals surface area contributed by atoms with Crippen molar-refractivity contribution >= 4 is 23.4 Å². The van der Waals surface area contributed by atoms with Crippen LogP contribution < -0.4 is 0 Å². The minimum Gasteiger partial charge on any atom is -0.339 e. The molecule has 1 saturated carbocycles. The highest BCUT2D eigenvalue weighted by molar-refractivity contribution is 6.30. The molecule has 3 rings (SSSR count). The summed E-state index contributed by atoms with van der Waals surface area (Å²) in [6.45, 7) is 2.69. The van der Waals surface area contributed by atoms with Crippen LogP contribution in [0.15, 0.2) is 24.3 Å². The lowest BCUT2D eigenvalue weighted by Crippen LogP contribution is -2.52. The van der Waals surface area contributed by atoms with Crippen molar-refractivity contribution in [1.29, 1.82) is 0 Å². The van der Waals surface area contributed by atoms with Gasteiger partial charge in [0, 0.05) is 43.5 Å². The van der Waals surface area contributed by atoms with Gasteiger partial charge in [-0.3, -0.25) is 9.59 Å². The highest BCUT2D eigenvalue weighted by atomic mass is 35.5. The summed E-state index contributed by atoms with van der Waals surface area (Å²) in [5.74, 6) is 0.724. The van der Waals surface area contributed by atoms with Crippen LogP contribution in [0.5, 0.6) is 0 Å². The van der Waals surface area contributed by atoms with Gasteiger partial charge in [0.15, 0.2) is 0 Å². The second kappa shape index (κ2) is 7.35. The maximum atomic E-state index is 12.3. The van der Waals surface area contributed by atoms with Crippen molar-refractivity contribution in [3.63, 3.8) is 0 Å². The molecule has 124 valence electrons. The summed E-state index contributed by atoms with van der Waals surface area (Å²) in [4.78, 5) is 28.3. The van der Waals surface area contributed by atoms with Crippen molar-refractivity contribution in [3.8, 4) is 0 Å². The van der Waals surface area contributed by atoms with E-state index in [1.165, 1.54) is 6.42 Å². The maximum absolute atomic E-state index is 12.3. The third kappa shape index (κ3) is 4.05. The lowest BCUT2D eigenvalue weighted by Gasteiger charge is -2.38. The first-order valence-electron chi connectivity index (χ1n) is 8.44. The van der Waals surface area contributed by atoms with Crippen LogP contribution in [0, 0.1) is 5.92 Å². The summed E-state index contributed by atoms with van der Waals surface area (Å²) in [5.41, 5.74) is 1.13. The van der Waals surface area contributed by atoms with E-state index in [9.17, 15) is 9.59 Å². The summed E-state index contributed by atoms with van der Waals surface area (Å²) < 4.78 is 0. The molecule has 0 N–H and O–H groups in total. The van der Waals surface area contributed by atoms with Gasteiger partial charge in [0.2, 0.25) is 11.8 Å². The Balaban J connectivity index is 1.42. The van der Waals surface area contributed by atoms with Gasteiger partial charge in [0.05, 0.1) is 0 Å². The molecule has 4 nitrogen and oxygen atoms in total. The lowest BCUT2D eigenvalue weighted by atomic mass is 9.84. The third-order valence-electron chi connectivity index (χ3n) is 4.94. The SMILES string of the molecule is O=C(CCc1ccc(Cl)cc1)N1CCN(C(=O)C2CCC2)CC1. The smallest absolute Gasteiger partial charge is 0.225 e. The highest BCUT2D eigenvalue weighted by Crippen LogP contribution is 2.28. The van der Waals surface area contributed by atoms with E-state index in [4.69, 9.17) is 11.6 Å². The van der Waals surface area contributed by atoms with Crippen LogP contribution in [0.4, 0.5) is 0 Å². The quantitative estimate of drug-likeness (QED) is 0.849. The van der Waals surface area contributed by atoms with Crippen LogP contribution in [0.1, 0.15) is 31.2 Å². The van der Waals surface area contributed by atoms with Crippen molar-refractivity contribution in [2.45, 2.75) is 32.1 Å². The van der Waals surface area contributed by atoms with Gasteiger partial charge in [-0.25, -0.2) is 0 Å². The van der Waals surface area contributed by atoms with E-state index in [1.807, 2.05) is 34.1 Å². The van der Waals surface area contributed by atoms with Crippen molar-refractivity contribution in [3.05, 3.63) is 34.9 Å². The van der Waals surface area contributed by atoms with E-state index >= 15 is 0 Å². The fourth-order valence-electron chi connectivity index (χ4n) is 3.15. The molecule has 0 aromatic heterocycles. The van der Waals surface area contributed by atoms with Crippen LogP contribution in [0.2, 0.25) is 5.02 Å². The van der Waals surface area contributed by atoms with E-state index in [-0.39, 0.29) is 11.8 Å². The fraction of sp³-hybridized carbons (Fsp3) is 0.556. The molecule has 0 radical (unpaired) electrons. The molecule has 0 bridgehead atoms. The van der Waals surface area contributed by atoms with Gasteiger partial charge in [0.1, 0.15) is 0 Å². The largest absolute Gasteiger partial charge is 0.339 e. The first-order chi connectivity index (χ1) is 11.1. The average Bonchev–Trinajstić information content (AvgIpc) is 2.52. The van der Waals surface area contributed by atoms with E-state index < -0.39 is 0 Å². The number of piperazine rings is 1. The molecule has 1 heterocycles. The Hall–Kier alpha value is -1.55. The summed E-state index contributed by atoms with van der Waals surface area (Å²) in [7, 11) is 0. The first-order valence-corrected chi connectivity index (χ1v) is 8.82. The van der Waals surface area contributed by atoms with Gasteiger partial charge in [-0.1, -0.05) is 30.2 Å². The second-order valence-electron chi connectivity index (χ2n) is 6.46. The van der Waals surface area contributed by atoms with Gasteiger partial charge in [-0.05, 0) is 37.0 Å². The summed E-state index contributed by atoms with van der Waals surface area (Å²) in [6, 6.07) is 7.63. The fourth-order valence-corrected chi connectivity index (χ4v) is 3.28. The lowest BCUT2D eigenvalue weighted by molar-refractivity contribution is -0.144. The van der Waals surface area contributed by atoms with Crippen molar-refractivity contribution in [1.82, 2.24) is 9.80 Å². The van der Waals surface area contributed by atoms with E-state index in [1.54, 1.807) is 0 Å². The van der Waals surface area contributed by atoms with Gasteiger partial charge >= 0.3 is 0 Å². The Morgan fingerprint density at radius 1 is 1.00 bits per heavy atom. The predicted molar refractivity (Wildman–Crippen MR) is 90.3 cm³/mol. The first kappa shape index (κ1) is 16.3. The molecule has 1 aliphatic heterocycles. The number of halogens is 1. The normalized spacial score (nSPS) is 18.7. The molecular weight excluding hydrogens is 312 g/mol. The molecule has 1 aromatic rings. The number of nitrogens with zero attached hydrogens (tertiary/aromatic N) is 2. The molecule has 0 unspecified atom stereocenters. The van der Waals surface area contributed by atoms with E-state index in [2.05, 4.69) is 0 Å². The molecule has 2 fully saturated rings. The Bertz CT molecular complexity index is 561. The molecule has 0 atom stereocenters. The number of hydrogen-bond donors (Lipinski definition) is 0. The van der Waals surface area contributed by atoms with Crippen LogP contribution in [0.25, 0.3) is 0 Å². The average molecular weight is 335 g/mol. The van der Waals surface area contributed by atoms with Crippen molar-refractivity contribution in [2.75, 3.05) is 26.2 Å². The minimum atomic E-state index is 0.177. The monoisotopic (exact) mass is 334 g/mol. The van der Waals surface area contributed by atoms with Crippen molar-refractivity contribution in [2.24, 2.45) is 5.92 Å². The Morgan fingerprint density at radius 3 is 2.17 bits per heavy atom. The standard InChI is InChI=1S/C18H23ClN2O2/c19-16-7-4-14(5-8-16)6-9-17(22)20-10-12-21(13-11-20)18(23)15-2-1-3-15/h4-5,7-8,15H,1-3,6,9-13H2. The van der Waals surface area contributed by atoms with Crippen LogP contribution >= 0.6 is 11.6 Å². The number of hydrogen-bond acceptors (Lipinski definition) is 2. The Labute approximate surface area is 142 Å². The summed E-state index contributed by atoms with van der Waals surface area (Å²) in [6.07, 6.45) is 4.51. The van der Waals surface area contributed by atoms with Crippen molar-refractivity contribution < 1.29 is 9.59 Å². The van der Waals surface area contributed by atoms with Crippen LogP contribution in [0.3, 0.4) is 0 Å². The molecular formula is C18H23ClN2O2. The Kier molecular flexibility index (Phi) is 5.21. The Morgan fingerprint density at radius 2 is 1.61 bits per heavy atom. The minimum absolute atomic E-state index is 0.177. The van der Waals surface area contributed by atoms with Gasteiger partial charge < -0.3 is 9.80 Å². The molecule has 1 saturated heterocycles. The number of amides is 2. The summed E-state index contributed by atoms with van der Waals surface area (Å²) >= 11 is 5.86. The number of carbonyl (C=O) groups is 2. The zero-order valence-electron chi connectivity index (χ0n) is 13.3. The number of carbonyl (C=O) groups excluding carboxylic acids is 2. The number of rotatable bonds is 4. The van der Waals surface area contributed by atoms with E-state index in [0.29, 0.717) is 43.5 Å². The van der Waals surface area contributed by atoms with Crippen LogP contribution in [-0.2, 0) is 16.0 Å². The second-order valence-corrected chi connectivity index (χ2v) is 6.90. The molecule has 23 heavy (non-hydrogen) atoms. The highest BCUT2D eigenvalue weighted by Gasteiger charge is 2.31. The van der Waals surface area contributed by atoms with Crippen LogP contribution in [-0.4, -0.2) is 47.8 Å². The van der Waals surface area contributed by atoms with Gasteiger partial charge in [0.25, 0.3) is 0 Å². The van der Waals surface area contributed by atoms with E-state index in [0.717, 1.165) is 24.8 Å². The predicted octanol–water partition coefficient (Wildman–Crippen LogP) is 2.74. The number of aryl methyl sites for hydroxylation is 1. The summed E-state index contributed by atoms with van der Waals surface area (Å²) in [5, 5.41) is 0.715. The zero-order valence-corrected chi connectivity index (χ0v) is 14.1. The molecule has 2 amide bonds. The zero-order chi connectivity index (χ0) is 16.2. The molecule has 2 aliphatic rings.